The first kappa shape index (κ1) is 30.8. The van der Waals surface area contributed by atoms with Gasteiger partial charge < -0.3 is 10.1 Å². The number of amides is 1. The fourth-order valence-corrected chi connectivity index (χ4v) is 1.89. The van der Waals surface area contributed by atoms with Crippen LogP contribution < -0.4 is 5.32 Å². The molecule has 8 heteroatoms. The SMILES string of the molecule is Cc1ccccc1C=NCCNC(=O)OCc1ccccc1.[C-]#[O+].[C-]#[O+].[C-]#[O+].[Cr]. The predicted octanol–water partition coefficient (Wildman–Crippen LogP) is 3.23. The number of alkyl carbamates (subject to hydrolysis) is 1. The summed E-state index contributed by atoms with van der Waals surface area (Å²) >= 11 is 0. The fourth-order valence-electron chi connectivity index (χ4n) is 1.89. The van der Waals surface area contributed by atoms with Crippen LogP contribution in [-0.2, 0) is 42.7 Å². The Labute approximate surface area is 181 Å². The maximum atomic E-state index is 11.5. The van der Waals surface area contributed by atoms with Crippen molar-refractivity contribution in [1.29, 1.82) is 0 Å². The van der Waals surface area contributed by atoms with E-state index in [4.69, 9.17) is 18.7 Å². The van der Waals surface area contributed by atoms with Crippen LogP contribution in [0.5, 0.6) is 0 Å². The molecular weight excluding hydrogens is 412 g/mol. The summed E-state index contributed by atoms with van der Waals surface area (Å²) in [7, 11) is 0. The molecule has 29 heavy (non-hydrogen) atoms. The van der Waals surface area contributed by atoms with Crippen molar-refractivity contribution < 1.29 is 40.8 Å². The molecular formula is C21H20CrN2O5. The van der Waals surface area contributed by atoms with E-state index in [1.54, 1.807) is 0 Å². The Morgan fingerprint density at radius 2 is 1.55 bits per heavy atom. The second-order valence-corrected chi connectivity index (χ2v) is 4.88. The van der Waals surface area contributed by atoms with Gasteiger partial charge in [0.05, 0.1) is 6.54 Å². The van der Waals surface area contributed by atoms with Gasteiger partial charge in [0.15, 0.2) is 0 Å². The summed E-state index contributed by atoms with van der Waals surface area (Å²) in [5.41, 5.74) is 3.24. The molecule has 0 saturated carbocycles. The van der Waals surface area contributed by atoms with Crippen molar-refractivity contribution in [3.8, 4) is 0 Å². The zero-order valence-electron chi connectivity index (χ0n) is 15.8. The molecule has 0 atom stereocenters. The van der Waals surface area contributed by atoms with Crippen LogP contribution in [0.2, 0.25) is 0 Å². The number of nitrogens with one attached hydrogen (secondary N) is 1. The van der Waals surface area contributed by atoms with Crippen molar-refractivity contribution in [2.75, 3.05) is 13.1 Å². The quantitative estimate of drug-likeness (QED) is 0.327. The average Bonchev–Trinajstić information content (AvgIpc) is 2.78. The van der Waals surface area contributed by atoms with Gasteiger partial charge >= 0.3 is 40.0 Å². The van der Waals surface area contributed by atoms with Crippen LogP contribution in [0.3, 0.4) is 0 Å². The van der Waals surface area contributed by atoms with E-state index < -0.39 is 6.09 Å². The van der Waals surface area contributed by atoms with E-state index >= 15 is 0 Å². The number of rotatable bonds is 6. The normalized spacial score (nSPS) is 8.24. The van der Waals surface area contributed by atoms with Crippen molar-refractivity contribution in [3.63, 3.8) is 0 Å². The Bertz CT molecular complexity index is 744. The molecule has 0 aliphatic rings. The maximum Gasteiger partial charge on any atom is 0 e. The van der Waals surface area contributed by atoms with Crippen LogP contribution in [-0.4, -0.2) is 25.4 Å². The van der Waals surface area contributed by atoms with Crippen molar-refractivity contribution >= 4 is 12.3 Å². The van der Waals surface area contributed by atoms with Crippen molar-refractivity contribution in [2.24, 2.45) is 4.99 Å². The van der Waals surface area contributed by atoms with Gasteiger partial charge in [0.25, 0.3) is 0 Å². The second-order valence-electron chi connectivity index (χ2n) is 4.88. The minimum atomic E-state index is -0.421. The van der Waals surface area contributed by atoms with Crippen molar-refractivity contribution in [3.05, 3.63) is 91.2 Å². The number of ether oxygens (including phenoxy) is 1. The van der Waals surface area contributed by atoms with Gasteiger partial charge in [-0.25, -0.2) is 4.79 Å². The molecule has 2 rings (SSSR count). The van der Waals surface area contributed by atoms with Gasteiger partial charge in [0.1, 0.15) is 6.61 Å². The van der Waals surface area contributed by atoms with Gasteiger partial charge in [-0.1, -0.05) is 54.6 Å². The van der Waals surface area contributed by atoms with Crippen LogP contribution in [0.4, 0.5) is 4.79 Å². The van der Waals surface area contributed by atoms with Gasteiger partial charge in [0, 0.05) is 30.1 Å². The van der Waals surface area contributed by atoms with Crippen LogP contribution in [0.15, 0.2) is 59.6 Å². The molecule has 0 aliphatic heterocycles. The van der Waals surface area contributed by atoms with E-state index in [1.807, 2.05) is 67.7 Å². The van der Waals surface area contributed by atoms with Gasteiger partial charge in [0.2, 0.25) is 0 Å². The van der Waals surface area contributed by atoms with E-state index in [2.05, 4.69) is 30.3 Å². The molecule has 1 N–H and O–H groups in total. The number of benzene rings is 2. The number of aryl methyl sites for hydroxylation is 1. The minimum absolute atomic E-state index is 0. The molecule has 2 aromatic rings. The van der Waals surface area contributed by atoms with Crippen LogP contribution in [0, 0.1) is 26.9 Å². The molecule has 0 aromatic heterocycles. The zero-order valence-corrected chi connectivity index (χ0v) is 17.1. The van der Waals surface area contributed by atoms with Crippen molar-refractivity contribution in [2.45, 2.75) is 13.5 Å². The Balaban J connectivity index is -0.000000883. The van der Waals surface area contributed by atoms with Gasteiger partial charge in [-0.3, -0.25) is 4.99 Å². The first-order chi connectivity index (χ1) is 13.8. The van der Waals surface area contributed by atoms with Gasteiger partial charge in [-0.2, -0.15) is 0 Å². The molecule has 0 bridgehead atoms. The summed E-state index contributed by atoms with van der Waals surface area (Å²) in [5, 5.41) is 2.68. The van der Waals surface area contributed by atoms with Crippen LogP contribution >= 0.6 is 0 Å². The molecule has 0 spiro atoms. The molecule has 0 unspecified atom stereocenters. The Kier molecular flexibility index (Phi) is 24.6. The standard InChI is InChI=1S/C18H20N2O2.3CO.Cr/c1-15-7-5-6-10-17(15)13-19-11-12-20-18(21)22-14-16-8-3-2-4-9-16;3*1-2;/h2-10,13H,11-12,14H2,1H3,(H,20,21);;;;. The first-order valence-corrected chi connectivity index (χ1v) is 7.87. The molecule has 0 heterocycles. The summed E-state index contributed by atoms with van der Waals surface area (Å²) in [6.45, 7) is 16.8. The summed E-state index contributed by atoms with van der Waals surface area (Å²) < 4.78 is 27.6. The third-order valence-corrected chi connectivity index (χ3v) is 3.14. The maximum absolute atomic E-state index is 11.5. The van der Waals surface area contributed by atoms with E-state index in [1.165, 1.54) is 5.56 Å². The minimum Gasteiger partial charge on any atom is 0 e. The summed E-state index contributed by atoms with van der Waals surface area (Å²) in [4.78, 5) is 15.8. The summed E-state index contributed by atoms with van der Waals surface area (Å²) in [5.74, 6) is 0. The van der Waals surface area contributed by atoms with E-state index in [0.717, 1.165) is 11.1 Å². The van der Waals surface area contributed by atoms with Crippen molar-refractivity contribution in [1.82, 2.24) is 5.32 Å². The summed E-state index contributed by atoms with van der Waals surface area (Å²) in [6.07, 6.45) is 1.40. The van der Waals surface area contributed by atoms with E-state index in [-0.39, 0.29) is 24.0 Å². The molecule has 2 aromatic carbocycles. The van der Waals surface area contributed by atoms with E-state index in [9.17, 15) is 4.79 Å². The fraction of sp³-hybridized carbons (Fsp3) is 0.190. The number of hydrogen-bond acceptors (Lipinski definition) is 3. The number of carbonyl (C=O) groups is 1. The second kappa shape index (κ2) is 23.2. The zero-order chi connectivity index (χ0) is 21.6. The molecule has 150 valence electrons. The molecule has 0 aliphatic carbocycles. The van der Waals surface area contributed by atoms with Gasteiger partial charge in [-0.15, -0.1) is 0 Å². The Morgan fingerprint density at radius 1 is 1.00 bits per heavy atom. The molecule has 0 radical (unpaired) electrons. The van der Waals surface area contributed by atoms with E-state index in [0.29, 0.717) is 13.1 Å². The Hall–Kier alpha value is -2.87. The topological polar surface area (TPSA) is 110 Å². The molecule has 0 saturated heterocycles. The number of nitrogens with zero attached hydrogens (tertiary/aromatic N) is 1. The number of hydrogen-bond donors (Lipinski definition) is 1. The number of aliphatic imine (C=N–C) groups is 1. The smallest absolute Gasteiger partial charge is 0 e. The van der Waals surface area contributed by atoms with Crippen LogP contribution in [0.1, 0.15) is 16.7 Å². The average molecular weight is 432 g/mol. The molecule has 0 fully saturated rings. The van der Waals surface area contributed by atoms with Crippen LogP contribution in [0.25, 0.3) is 0 Å². The summed E-state index contributed by atoms with van der Waals surface area (Å²) in [6, 6.07) is 17.6. The molecule has 7 nitrogen and oxygen atoms in total. The predicted molar refractivity (Wildman–Crippen MR) is 100 cm³/mol. The third-order valence-electron chi connectivity index (χ3n) is 3.14. The third kappa shape index (κ3) is 15.8. The molecule has 1 amide bonds. The Morgan fingerprint density at radius 3 is 2.14 bits per heavy atom. The first-order valence-electron chi connectivity index (χ1n) is 7.87. The van der Waals surface area contributed by atoms with Gasteiger partial charge in [-0.05, 0) is 23.6 Å². The number of carbonyl (C=O) groups excluding carboxylic acids is 1. The monoisotopic (exact) mass is 432 g/mol. The largest absolute Gasteiger partial charge is 0 e.